The van der Waals surface area contributed by atoms with Crippen LogP contribution in [0.3, 0.4) is 0 Å². The molecule has 1 aromatic heterocycles. The Balaban J connectivity index is 1.27. The molecule has 1 aliphatic heterocycles. The number of anilines is 1. The largest absolute Gasteiger partial charge is 0.377 e. The first-order valence-electron chi connectivity index (χ1n) is 18.4. The highest BCUT2D eigenvalue weighted by Crippen LogP contribution is 2.41. The van der Waals surface area contributed by atoms with Crippen LogP contribution in [-0.4, -0.2) is 102 Å². The summed E-state index contributed by atoms with van der Waals surface area (Å²) < 4.78 is 20.0. The fraction of sp³-hybridized carbons (Fsp3) is 0.553. The van der Waals surface area contributed by atoms with Gasteiger partial charge in [-0.15, -0.1) is 5.10 Å². The van der Waals surface area contributed by atoms with Crippen molar-refractivity contribution in [1.82, 2.24) is 30.9 Å². The Kier molecular flexibility index (Phi) is 18.5. The van der Waals surface area contributed by atoms with Gasteiger partial charge in [0.1, 0.15) is 5.69 Å². The van der Waals surface area contributed by atoms with E-state index < -0.39 is 0 Å². The Labute approximate surface area is 321 Å². The molecule has 2 aromatic carbocycles. The predicted octanol–water partition coefficient (Wildman–Crippen LogP) is 4.51. The molecule has 3 amide bonds. The lowest BCUT2D eigenvalue weighted by Crippen LogP contribution is -2.38. The molecular weight excluding hydrogens is 777 g/mol. The molecule has 0 saturated heterocycles. The molecule has 0 saturated carbocycles. The number of ether oxygens (including phenoxy) is 3. The van der Waals surface area contributed by atoms with Gasteiger partial charge in [0.2, 0.25) is 17.7 Å². The molecule has 1 aliphatic rings. The highest BCUT2D eigenvalue weighted by Gasteiger charge is 2.29. The number of aromatic nitrogens is 3. The summed E-state index contributed by atoms with van der Waals surface area (Å²) >= 11 is 2.39. The van der Waals surface area contributed by atoms with Crippen LogP contribution in [-0.2, 0) is 41.7 Å². The molecule has 0 aliphatic carbocycles. The van der Waals surface area contributed by atoms with E-state index in [1.807, 2.05) is 67.1 Å². The minimum absolute atomic E-state index is 0.0484. The molecular formula is C38H54IN7O6. The lowest BCUT2D eigenvalue weighted by molar-refractivity contribution is -0.125. The van der Waals surface area contributed by atoms with Crippen molar-refractivity contribution in [2.45, 2.75) is 71.5 Å². The molecule has 0 spiro atoms. The van der Waals surface area contributed by atoms with Gasteiger partial charge in [-0.1, -0.05) is 97.0 Å². The number of amides is 3. The van der Waals surface area contributed by atoms with Crippen LogP contribution in [0.15, 0.2) is 48.5 Å². The molecule has 0 bridgehead atoms. The topological polar surface area (TPSA) is 149 Å². The number of unbranched alkanes of at least 4 members (excludes halogenated alkanes) is 3. The molecule has 0 radical (unpaired) electrons. The number of alkyl halides is 1. The van der Waals surface area contributed by atoms with Crippen LogP contribution in [0.4, 0.5) is 5.69 Å². The zero-order valence-electron chi connectivity index (χ0n) is 30.5. The second-order valence-corrected chi connectivity index (χ2v) is 13.9. The summed E-state index contributed by atoms with van der Waals surface area (Å²) in [4.78, 5) is 39.8. The zero-order chi connectivity index (χ0) is 37.0. The van der Waals surface area contributed by atoms with Gasteiger partial charge < -0.3 is 35.1 Å². The summed E-state index contributed by atoms with van der Waals surface area (Å²) in [5, 5.41) is 18.0. The highest BCUT2D eigenvalue weighted by molar-refractivity contribution is 14.1. The fourth-order valence-electron chi connectivity index (χ4n) is 5.75. The van der Waals surface area contributed by atoms with Gasteiger partial charge >= 0.3 is 0 Å². The molecule has 3 N–H and O–H groups in total. The van der Waals surface area contributed by atoms with Crippen molar-refractivity contribution >= 4 is 46.0 Å². The molecule has 0 unspecified atom stereocenters. The first-order valence-corrected chi connectivity index (χ1v) is 19.9. The third kappa shape index (κ3) is 13.5. The van der Waals surface area contributed by atoms with Gasteiger partial charge in [-0.25, -0.2) is 4.68 Å². The second-order valence-electron chi connectivity index (χ2n) is 12.8. The van der Waals surface area contributed by atoms with Crippen molar-refractivity contribution in [2.75, 3.05) is 68.6 Å². The molecule has 14 heteroatoms. The Morgan fingerprint density at radius 3 is 2.23 bits per heavy atom. The number of nitrogens with one attached hydrogen (secondary N) is 3. The van der Waals surface area contributed by atoms with Crippen molar-refractivity contribution in [2.24, 2.45) is 0 Å². The van der Waals surface area contributed by atoms with Crippen molar-refractivity contribution in [3.63, 3.8) is 0 Å². The smallest absolute Gasteiger partial charge is 0.234 e. The normalized spacial score (nSPS) is 12.1. The third-order valence-electron chi connectivity index (χ3n) is 8.47. The van der Waals surface area contributed by atoms with Crippen molar-refractivity contribution in [3.05, 3.63) is 54.1 Å². The monoisotopic (exact) mass is 831 g/mol. The maximum atomic E-state index is 13.7. The van der Waals surface area contributed by atoms with E-state index in [9.17, 15) is 14.4 Å². The average molecular weight is 832 g/mol. The van der Waals surface area contributed by atoms with Gasteiger partial charge in [0.25, 0.3) is 0 Å². The maximum Gasteiger partial charge on any atom is 0.234 e. The minimum atomic E-state index is -0.115. The highest BCUT2D eigenvalue weighted by atomic mass is 127. The number of benzene rings is 2. The van der Waals surface area contributed by atoms with E-state index in [4.69, 9.17) is 14.2 Å². The molecule has 0 atom stereocenters. The lowest BCUT2D eigenvalue weighted by atomic mass is 9.95. The number of halogens is 1. The molecule has 13 nitrogen and oxygen atoms in total. The number of para-hydroxylation sites is 1. The van der Waals surface area contributed by atoms with Gasteiger partial charge in [0, 0.05) is 43.1 Å². The quantitative estimate of drug-likeness (QED) is 0.0674. The number of fused-ring (bicyclic) bond motifs is 5. The summed E-state index contributed by atoms with van der Waals surface area (Å²) in [6.45, 7) is 8.78. The minimum Gasteiger partial charge on any atom is -0.377 e. The Morgan fingerprint density at radius 1 is 0.788 bits per heavy atom. The van der Waals surface area contributed by atoms with Crippen molar-refractivity contribution < 1.29 is 28.6 Å². The summed E-state index contributed by atoms with van der Waals surface area (Å²) in [5.74, 6) is -0.260. The summed E-state index contributed by atoms with van der Waals surface area (Å²) in [6, 6.07) is 16.0. The summed E-state index contributed by atoms with van der Waals surface area (Å²) in [6.07, 6.45) is 4.68. The van der Waals surface area contributed by atoms with Crippen LogP contribution in [0.5, 0.6) is 0 Å². The molecule has 284 valence electrons. The van der Waals surface area contributed by atoms with Gasteiger partial charge in [-0.3, -0.25) is 14.4 Å². The van der Waals surface area contributed by atoms with E-state index in [2.05, 4.69) is 48.9 Å². The summed E-state index contributed by atoms with van der Waals surface area (Å²) in [5.41, 5.74) is 5.03. The van der Waals surface area contributed by atoms with Crippen LogP contribution >= 0.6 is 22.6 Å². The van der Waals surface area contributed by atoms with Crippen LogP contribution < -0.4 is 20.9 Å². The van der Waals surface area contributed by atoms with Crippen LogP contribution in [0.1, 0.15) is 57.9 Å². The van der Waals surface area contributed by atoms with E-state index >= 15 is 0 Å². The van der Waals surface area contributed by atoms with E-state index in [-0.39, 0.29) is 36.6 Å². The Bertz CT molecular complexity index is 1550. The molecule has 4 rings (SSSR count). The number of hydrogen-bond acceptors (Lipinski definition) is 9. The first-order chi connectivity index (χ1) is 25.4. The number of rotatable bonds is 24. The van der Waals surface area contributed by atoms with Crippen LogP contribution in [0, 0.1) is 0 Å². The maximum absolute atomic E-state index is 13.7. The lowest BCUT2D eigenvalue weighted by Gasteiger charge is -2.28. The SMILES string of the molecule is CC(C)NCC(=O)NCCOCCOCCOCCn1nnc2c1-c1ccccc1CN(C(=O)CCC(=O)NCCCCCCI)c1ccccc1-2. The van der Waals surface area contributed by atoms with Gasteiger partial charge in [0.15, 0.2) is 0 Å². The Morgan fingerprint density at radius 2 is 1.46 bits per heavy atom. The van der Waals surface area contributed by atoms with Crippen LogP contribution in [0.25, 0.3) is 22.5 Å². The predicted molar refractivity (Wildman–Crippen MR) is 210 cm³/mol. The van der Waals surface area contributed by atoms with Crippen molar-refractivity contribution in [3.8, 4) is 22.5 Å². The van der Waals surface area contributed by atoms with Crippen LogP contribution in [0.2, 0.25) is 0 Å². The average Bonchev–Trinajstić information content (AvgIpc) is 3.56. The number of carbonyl (C=O) groups is 3. The zero-order valence-corrected chi connectivity index (χ0v) is 32.7. The van der Waals surface area contributed by atoms with Gasteiger partial charge in [-0.05, 0) is 28.9 Å². The molecule has 2 heterocycles. The van der Waals surface area contributed by atoms with Gasteiger partial charge in [-0.2, -0.15) is 0 Å². The molecule has 0 fully saturated rings. The second kappa shape index (κ2) is 23.3. The van der Waals surface area contributed by atoms with E-state index in [1.165, 1.54) is 12.8 Å². The first kappa shape index (κ1) is 41.3. The Hall–Kier alpha value is -3.44. The number of nitrogens with zero attached hydrogens (tertiary/aromatic N) is 4. The van der Waals surface area contributed by atoms with E-state index in [1.54, 1.807) is 4.90 Å². The van der Waals surface area contributed by atoms with E-state index in [0.29, 0.717) is 78.1 Å². The van der Waals surface area contributed by atoms with E-state index in [0.717, 1.165) is 45.3 Å². The van der Waals surface area contributed by atoms with Gasteiger partial charge in [0.05, 0.1) is 70.7 Å². The number of carbonyl (C=O) groups excluding carboxylic acids is 3. The van der Waals surface area contributed by atoms with Crippen molar-refractivity contribution in [1.29, 1.82) is 0 Å². The summed E-state index contributed by atoms with van der Waals surface area (Å²) in [7, 11) is 0. The fourth-order valence-corrected chi connectivity index (χ4v) is 6.29. The number of hydrogen-bond donors (Lipinski definition) is 3. The third-order valence-corrected chi connectivity index (χ3v) is 9.23. The standard InChI is InChI=1S/C38H54IN7O6/c1-29(2)42-27-35(48)41-19-21-50-23-25-52-26-24-51-22-20-46-38-31-12-6-5-11-30(31)28-45(33-14-8-7-13-32(33)37(38)43-44-46)36(49)16-15-34(47)40-18-10-4-3-9-17-39/h5-8,11-14,29,42H,3-4,9-10,15-28H2,1-2H3,(H,40,47)(H,41,48). The molecule has 3 aromatic rings. The molecule has 52 heavy (non-hydrogen) atoms.